The van der Waals surface area contributed by atoms with E-state index in [1.807, 2.05) is 0 Å². The molecule has 80 valence electrons. The average molecular weight is 216 g/mol. The van der Waals surface area contributed by atoms with Crippen molar-refractivity contribution in [1.29, 1.82) is 0 Å². The maximum Gasteiger partial charge on any atom is 0.227 e. The summed E-state index contributed by atoms with van der Waals surface area (Å²) in [5, 5.41) is 2.91. The van der Waals surface area contributed by atoms with Gasteiger partial charge in [0.1, 0.15) is 0 Å². The molecule has 1 saturated heterocycles. The molecule has 0 aromatic rings. The summed E-state index contributed by atoms with van der Waals surface area (Å²) in [5.74, 6) is 0.273. The van der Waals surface area contributed by atoms with Crippen molar-refractivity contribution in [2.75, 3.05) is 13.2 Å². The average Bonchev–Trinajstić information content (AvgIpc) is 2.07. The highest BCUT2D eigenvalue weighted by Crippen LogP contribution is 2.13. The molecule has 0 saturated carbocycles. The monoisotopic (exact) mass is 216 g/mol. The van der Waals surface area contributed by atoms with Gasteiger partial charge >= 0.3 is 0 Å². The topological polar surface area (TPSA) is 64.3 Å². The van der Waals surface area contributed by atoms with Crippen LogP contribution in [0.25, 0.3) is 0 Å². The number of thiocarbonyl (C=S) groups is 1. The van der Waals surface area contributed by atoms with E-state index < -0.39 is 0 Å². The van der Waals surface area contributed by atoms with Gasteiger partial charge in [-0.15, -0.1) is 0 Å². The van der Waals surface area contributed by atoms with Crippen molar-refractivity contribution >= 4 is 23.1 Å². The van der Waals surface area contributed by atoms with Crippen molar-refractivity contribution in [2.45, 2.75) is 25.8 Å². The van der Waals surface area contributed by atoms with Gasteiger partial charge in [0.15, 0.2) is 0 Å². The van der Waals surface area contributed by atoms with E-state index in [9.17, 15) is 4.79 Å². The first-order valence-corrected chi connectivity index (χ1v) is 5.16. The van der Waals surface area contributed by atoms with E-state index in [1.165, 1.54) is 0 Å². The SMILES string of the molecule is CC1COCCC1NC(=O)CC(N)=S. The Morgan fingerprint density at radius 3 is 3.00 bits per heavy atom. The second-order valence-electron chi connectivity index (χ2n) is 3.66. The Hall–Kier alpha value is -0.680. The molecule has 0 aliphatic carbocycles. The van der Waals surface area contributed by atoms with Gasteiger partial charge in [-0.1, -0.05) is 19.1 Å². The fourth-order valence-corrected chi connectivity index (χ4v) is 1.64. The molecule has 1 aliphatic rings. The third-order valence-electron chi connectivity index (χ3n) is 2.32. The van der Waals surface area contributed by atoms with Crippen LogP contribution in [0.4, 0.5) is 0 Å². The zero-order valence-electron chi connectivity index (χ0n) is 8.29. The highest BCUT2D eigenvalue weighted by molar-refractivity contribution is 7.80. The van der Waals surface area contributed by atoms with Crippen molar-refractivity contribution in [3.8, 4) is 0 Å². The number of rotatable bonds is 3. The summed E-state index contributed by atoms with van der Waals surface area (Å²) in [6.07, 6.45) is 1.00. The molecule has 1 amide bonds. The molecule has 1 heterocycles. The second kappa shape index (κ2) is 5.26. The predicted molar refractivity (Wildman–Crippen MR) is 57.9 cm³/mol. The van der Waals surface area contributed by atoms with Crippen LogP contribution in [-0.4, -0.2) is 30.2 Å². The molecule has 0 aromatic heterocycles. The molecule has 1 rings (SSSR count). The molecule has 0 spiro atoms. The van der Waals surface area contributed by atoms with E-state index >= 15 is 0 Å². The Morgan fingerprint density at radius 2 is 2.43 bits per heavy atom. The molecule has 4 nitrogen and oxygen atoms in total. The summed E-state index contributed by atoms with van der Waals surface area (Å²) < 4.78 is 5.27. The number of hydrogen-bond donors (Lipinski definition) is 2. The van der Waals surface area contributed by atoms with Gasteiger partial charge < -0.3 is 15.8 Å². The van der Waals surface area contributed by atoms with Crippen LogP contribution in [0.15, 0.2) is 0 Å². The third-order valence-corrected chi connectivity index (χ3v) is 2.47. The highest BCUT2D eigenvalue weighted by Gasteiger charge is 2.23. The fraction of sp³-hybridized carbons (Fsp3) is 0.778. The lowest BCUT2D eigenvalue weighted by molar-refractivity contribution is -0.121. The number of hydrogen-bond acceptors (Lipinski definition) is 3. The molecule has 5 heteroatoms. The minimum atomic E-state index is -0.0868. The number of carbonyl (C=O) groups is 1. The van der Waals surface area contributed by atoms with Crippen LogP contribution in [-0.2, 0) is 9.53 Å². The normalized spacial score (nSPS) is 26.9. The zero-order chi connectivity index (χ0) is 10.6. The highest BCUT2D eigenvalue weighted by atomic mass is 32.1. The van der Waals surface area contributed by atoms with Crippen molar-refractivity contribution < 1.29 is 9.53 Å². The lowest BCUT2D eigenvalue weighted by atomic mass is 9.98. The molecule has 2 atom stereocenters. The summed E-state index contributed by atoms with van der Waals surface area (Å²) in [7, 11) is 0. The predicted octanol–water partition coefficient (Wildman–Crippen LogP) is 0.204. The third kappa shape index (κ3) is 3.59. The molecule has 1 fully saturated rings. The van der Waals surface area contributed by atoms with Crippen LogP contribution in [0.5, 0.6) is 0 Å². The van der Waals surface area contributed by atoms with E-state index in [2.05, 4.69) is 24.5 Å². The van der Waals surface area contributed by atoms with Crippen LogP contribution in [0.3, 0.4) is 0 Å². The zero-order valence-corrected chi connectivity index (χ0v) is 9.10. The Labute approximate surface area is 89.2 Å². The van der Waals surface area contributed by atoms with Gasteiger partial charge in [-0.3, -0.25) is 4.79 Å². The Kier molecular flexibility index (Phi) is 4.28. The molecule has 2 unspecified atom stereocenters. The lowest BCUT2D eigenvalue weighted by Crippen LogP contribution is -2.45. The molecule has 0 bridgehead atoms. The van der Waals surface area contributed by atoms with Crippen LogP contribution in [0.2, 0.25) is 0 Å². The molecular weight excluding hydrogens is 200 g/mol. The van der Waals surface area contributed by atoms with E-state index in [0.29, 0.717) is 19.1 Å². The van der Waals surface area contributed by atoms with Crippen molar-refractivity contribution in [3.05, 3.63) is 0 Å². The Morgan fingerprint density at radius 1 is 1.71 bits per heavy atom. The first-order chi connectivity index (χ1) is 6.59. The van der Waals surface area contributed by atoms with Gasteiger partial charge in [0.25, 0.3) is 0 Å². The van der Waals surface area contributed by atoms with Crippen LogP contribution in [0.1, 0.15) is 19.8 Å². The van der Waals surface area contributed by atoms with Crippen LogP contribution >= 0.6 is 12.2 Å². The summed E-state index contributed by atoms with van der Waals surface area (Å²) in [5.41, 5.74) is 5.28. The van der Waals surface area contributed by atoms with E-state index in [1.54, 1.807) is 0 Å². The second-order valence-corrected chi connectivity index (χ2v) is 4.18. The smallest absolute Gasteiger partial charge is 0.227 e. The van der Waals surface area contributed by atoms with Gasteiger partial charge in [0.05, 0.1) is 18.0 Å². The maximum absolute atomic E-state index is 11.3. The van der Waals surface area contributed by atoms with Crippen molar-refractivity contribution in [3.63, 3.8) is 0 Å². The minimum absolute atomic E-state index is 0.0868. The first kappa shape index (κ1) is 11.4. The van der Waals surface area contributed by atoms with Gasteiger partial charge in [0, 0.05) is 12.6 Å². The van der Waals surface area contributed by atoms with Gasteiger partial charge in [-0.25, -0.2) is 0 Å². The van der Waals surface area contributed by atoms with Crippen LogP contribution in [0, 0.1) is 5.92 Å². The van der Waals surface area contributed by atoms with E-state index in [4.69, 9.17) is 10.5 Å². The Balaban J connectivity index is 2.34. The molecule has 3 N–H and O–H groups in total. The first-order valence-electron chi connectivity index (χ1n) is 4.75. The van der Waals surface area contributed by atoms with Crippen LogP contribution < -0.4 is 11.1 Å². The van der Waals surface area contributed by atoms with Crippen molar-refractivity contribution in [2.24, 2.45) is 11.7 Å². The van der Waals surface area contributed by atoms with Gasteiger partial charge in [-0.2, -0.15) is 0 Å². The molecule has 1 aliphatic heterocycles. The fourth-order valence-electron chi connectivity index (χ4n) is 1.51. The molecule has 14 heavy (non-hydrogen) atoms. The summed E-state index contributed by atoms with van der Waals surface area (Å²) in [6, 6.07) is 0.200. The summed E-state index contributed by atoms with van der Waals surface area (Å²) >= 11 is 4.66. The Bertz CT molecular complexity index is 233. The van der Waals surface area contributed by atoms with Gasteiger partial charge in [0.2, 0.25) is 5.91 Å². The number of amides is 1. The lowest BCUT2D eigenvalue weighted by Gasteiger charge is -2.29. The quantitative estimate of drug-likeness (QED) is 0.662. The summed E-state index contributed by atoms with van der Waals surface area (Å²) in [4.78, 5) is 11.6. The number of nitrogens with one attached hydrogen (secondary N) is 1. The number of nitrogens with two attached hydrogens (primary N) is 1. The molecule has 0 radical (unpaired) electrons. The number of carbonyl (C=O) groups excluding carboxylic acids is 1. The standard InChI is InChI=1S/C9H16N2O2S/c1-6-5-13-3-2-7(6)11-9(12)4-8(10)14/h6-7H,2-5H2,1H3,(H2,10,14)(H,11,12). The largest absolute Gasteiger partial charge is 0.393 e. The van der Waals surface area contributed by atoms with E-state index in [0.717, 1.165) is 6.42 Å². The number of ether oxygens (including phenoxy) is 1. The van der Waals surface area contributed by atoms with Gasteiger partial charge in [-0.05, 0) is 12.3 Å². The van der Waals surface area contributed by atoms with E-state index in [-0.39, 0.29) is 23.4 Å². The molecule has 0 aromatic carbocycles. The summed E-state index contributed by atoms with van der Waals surface area (Å²) in [6.45, 7) is 3.48. The molecular formula is C9H16N2O2S. The maximum atomic E-state index is 11.3. The minimum Gasteiger partial charge on any atom is -0.393 e. The van der Waals surface area contributed by atoms with Crippen molar-refractivity contribution in [1.82, 2.24) is 5.32 Å².